The molecule has 15 heavy (non-hydrogen) atoms. The molecular weight excluding hydrogens is 186 g/mol. The highest BCUT2D eigenvalue weighted by Crippen LogP contribution is 2.57. The number of rotatable bonds is 1. The monoisotopic (exact) mass is 203 g/mol. The maximum atomic E-state index is 4.70. The van der Waals surface area contributed by atoms with Crippen LogP contribution in [0.4, 0.5) is 0 Å². The van der Waals surface area contributed by atoms with Gasteiger partial charge in [0.25, 0.3) is 0 Å². The first-order chi connectivity index (χ1) is 7.08. The molecule has 1 aromatic heterocycles. The quantitative estimate of drug-likeness (QED) is 0.757. The zero-order valence-corrected chi connectivity index (χ0v) is 9.59. The van der Waals surface area contributed by atoms with Gasteiger partial charge in [0.15, 0.2) is 0 Å². The lowest BCUT2D eigenvalue weighted by Gasteiger charge is -2.07. The van der Waals surface area contributed by atoms with Gasteiger partial charge in [-0.15, -0.1) is 0 Å². The van der Waals surface area contributed by atoms with Gasteiger partial charge in [-0.05, 0) is 18.8 Å². The zero-order valence-electron chi connectivity index (χ0n) is 9.59. The van der Waals surface area contributed by atoms with Crippen LogP contribution in [-0.4, -0.2) is 9.97 Å². The number of aryl methyl sites for hydroxylation is 1. The molecule has 3 nitrogen and oxygen atoms in total. The Morgan fingerprint density at radius 1 is 1.27 bits per heavy atom. The molecule has 1 aromatic rings. The lowest BCUT2D eigenvalue weighted by Crippen LogP contribution is -2.04. The van der Waals surface area contributed by atoms with Crippen LogP contribution in [0.5, 0.6) is 0 Å². The van der Waals surface area contributed by atoms with Crippen LogP contribution in [0, 0.1) is 12.3 Å². The summed E-state index contributed by atoms with van der Waals surface area (Å²) in [4.78, 5) is 9.35. The predicted octanol–water partition coefficient (Wildman–Crippen LogP) is 1.90. The van der Waals surface area contributed by atoms with Crippen LogP contribution in [0.1, 0.15) is 49.0 Å². The number of aromatic nitrogens is 2. The SMILES string of the molecule is Cc1nc(C2CC2(C)C)nc2c1CNC2. The molecule has 1 N–H and O–H groups in total. The Kier molecular flexibility index (Phi) is 1.72. The molecule has 0 bridgehead atoms. The van der Waals surface area contributed by atoms with E-state index in [1.54, 1.807) is 0 Å². The Bertz CT molecular complexity index is 423. The van der Waals surface area contributed by atoms with Crippen molar-refractivity contribution in [3.63, 3.8) is 0 Å². The second-order valence-electron chi connectivity index (χ2n) is 5.44. The molecule has 80 valence electrons. The minimum absolute atomic E-state index is 0.423. The largest absolute Gasteiger partial charge is 0.307 e. The topological polar surface area (TPSA) is 37.8 Å². The van der Waals surface area contributed by atoms with E-state index >= 15 is 0 Å². The minimum atomic E-state index is 0.423. The molecule has 3 heteroatoms. The van der Waals surface area contributed by atoms with Gasteiger partial charge in [-0.3, -0.25) is 0 Å². The molecule has 1 fully saturated rings. The number of hydrogen-bond acceptors (Lipinski definition) is 3. The lowest BCUT2D eigenvalue weighted by atomic mass is 10.1. The number of nitrogens with one attached hydrogen (secondary N) is 1. The van der Waals surface area contributed by atoms with Crippen molar-refractivity contribution in [2.75, 3.05) is 0 Å². The van der Waals surface area contributed by atoms with Gasteiger partial charge in [0.05, 0.1) is 5.69 Å². The first-order valence-electron chi connectivity index (χ1n) is 5.65. The second-order valence-corrected chi connectivity index (χ2v) is 5.44. The Morgan fingerprint density at radius 3 is 2.67 bits per heavy atom. The van der Waals surface area contributed by atoms with Gasteiger partial charge >= 0.3 is 0 Å². The smallest absolute Gasteiger partial charge is 0.132 e. The van der Waals surface area contributed by atoms with E-state index in [4.69, 9.17) is 4.98 Å². The standard InChI is InChI=1S/C12H17N3/c1-7-8-5-13-6-10(8)15-11(14-7)9-4-12(9,2)3/h9,13H,4-6H2,1-3H3. The van der Waals surface area contributed by atoms with Crippen LogP contribution in [0.25, 0.3) is 0 Å². The van der Waals surface area contributed by atoms with Crippen molar-refractivity contribution in [2.24, 2.45) is 5.41 Å². The molecule has 2 aliphatic rings. The van der Waals surface area contributed by atoms with E-state index in [1.165, 1.54) is 23.4 Å². The van der Waals surface area contributed by atoms with Crippen molar-refractivity contribution in [3.8, 4) is 0 Å². The van der Waals surface area contributed by atoms with Crippen molar-refractivity contribution in [2.45, 2.75) is 46.2 Å². The molecule has 1 aliphatic heterocycles. The van der Waals surface area contributed by atoms with Gasteiger partial charge in [-0.1, -0.05) is 13.8 Å². The summed E-state index contributed by atoms with van der Waals surface area (Å²) in [5.41, 5.74) is 4.13. The van der Waals surface area contributed by atoms with Gasteiger partial charge in [0.2, 0.25) is 0 Å². The molecule has 1 saturated carbocycles. The molecule has 0 spiro atoms. The third-order valence-electron chi connectivity index (χ3n) is 3.74. The van der Waals surface area contributed by atoms with Gasteiger partial charge in [-0.25, -0.2) is 9.97 Å². The number of fused-ring (bicyclic) bond motifs is 1. The lowest BCUT2D eigenvalue weighted by molar-refractivity contribution is 0.605. The third-order valence-corrected chi connectivity index (χ3v) is 3.74. The van der Waals surface area contributed by atoms with Crippen molar-refractivity contribution in [1.82, 2.24) is 15.3 Å². The van der Waals surface area contributed by atoms with Crippen LogP contribution in [-0.2, 0) is 13.1 Å². The van der Waals surface area contributed by atoms with E-state index in [-0.39, 0.29) is 0 Å². The summed E-state index contributed by atoms with van der Waals surface area (Å²) in [6, 6.07) is 0. The molecule has 0 aromatic carbocycles. The van der Waals surface area contributed by atoms with Gasteiger partial charge < -0.3 is 5.32 Å². The van der Waals surface area contributed by atoms with Crippen LogP contribution in [0.2, 0.25) is 0 Å². The van der Waals surface area contributed by atoms with Crippen LogP contribution >= 0.6 is 0 Å². The fourth-order valence-corrected chi connectivity index (χ4v) is 2.42. The van der Waals surface area contributed by atoms with E-state index in [2.05, 4.69) is 31.1 Å². The highest BCUT2D eigenvalue weighted by Gasteiger charge is 2.48. The van der Waals surface area contributed by atoms with E-state index in [9.17, 15) is 0 Å². The number of hydrogen-bond donors (Lipinski definition) is 1. The molecule has 0 amide bonds. The van der Waals surface area contributed by atoms with Crippen LogP contribution < -0.4 is 5.32 Å². The summed E-state index contributed by atoms with van der Waals surface area (Å²) in [5.74, 6) is 1.65. The predicted molar refractivity (Wildman–Crippen MR) is 58.5 cm³/mol. The second kappa shape index (κ2) is 2.79. The van der Waals surface area contributed by atoms with E-state index in [1.807, 2.05) is 0 Å². The summed E-state index contributed by atoms with van der Waals surface area (Å²) < 4.78 is 0. The Balaban J connectivity index is 2.01. The summed E-state index contributed by atoms with van der Waals surface area (Å²) in [6.07, 6.45) is 1.23. The van der Waals surface area contributed by atoms with E-state index < -0.39 is 0 Å². The molecule has 0 saturated heterocycles. The highest BCUT2D eigenvalue weighted by molar-refractivity contribution is 5.30. The summed E-state index contributed by atoms with van der Waals surface area (Å²) in [5, 5.41) is 3.33. The maximum absolute atomic E-state index is 4.70. The van der Waals surface area contributed by atoms with Gasteiger partial charge in [-0.2, -0.15) is 0 Å². The molecule has 0 radical (unpaired) electrons. The molecule has 1 atom stereocenters. The average molecular weight is 203 g/mol. The zero-order chi connectivity index (χ0) is 10.6. The van der Waals surface area contributed by atoms with Crippen molar-refractivity contribution in [1.29, 1.82) is 0 Å². The molecule has 1 unspecified atom stereocenters. The molecule has 3 rings (SSSR count). The van der Waals surface area contributed by atoms with Crippen LogP contribution in [0.3, 0.4) is 0 Å². The van der Waals surface area contributed by atoms with Gasteiger partial charge in [0.1, 0.15) is 5.82 Å². The van der Waals surface area contributed by atoms with Crippen molar-refractivity contribution < 1.29 is 0 Å². The summed E-state index contributed by atoms with van der Waals surface area (Å²) in [6.45, 7) is 8.55. The normalized spacial score (nSPS) is 26.5. The van der Waals surface area contributed by atoms with Crippen molar-refractivity contribution in [3.05, 3.63) is 22.8 Å². The first-order valence-corrected chi connectivity index (χ1v) is 5.65. The number of nitrogens with zero attached hydrogens (tertiary/aromatic N) is 2. The summed E-state index contributed by atoms with van der Waals surface area (Å²) >= 11 is 0. The fraction of sp³-hybridized carbons (Fsp3) is 0.667. The van der Waals surface area contributed by atoms with Crippen molar-refractivity contribution >= 4 is 0 Å². The third kappa shape index (κ3) is 1.37. The average Bonchev–Trinajstić information content (AvgIpc) is 2.63. The summed E-state index contributed by atoms with van der Waals surface area (Å²) in [7, 11) is 0. The Morgan fingerprint density at radius 2 is 2.00 bits per heavy atom. The molecule has 2 heterocycles. The van der Waals surface area contributed by atoms with Crippen LogP contribution in [0.15, 0.2) is 0 Å². The highest BCUT2D eigenvalue weighted by atomic mass is 15.0. The maximum Gasteiger partial charge on any atom is 0.132 e. The molecular formula is C12H17N3. The van der Waals surface area contributed by atoms with Gasteiger partial charge in [0, 0.05) is 30.3 Å². The Hall–Kier alpha value is -0.960. The van der Waals surface area contributed by atoms with E-state index in [0.29, 0.717) is 11.3 Å². The molecule has 1 aliphatic carbocycles. The Labute approximate surface area is 90.3 Å². The minimum Gasteiger partial charge on any atom is -0.307 e. The fourth-order valence-electron chi connectivity index (χ4n) is 2.42. The van der Waals surface area contributed by atoms with E-state index in [0.717, 1.165) is 18.9 Å². The first kappa shape index (κ1) is 9.28.